The molecule has 0 aliphatic carbocycles. The predicted octanol–water partition coefficient (Wildman–Crippen LogP) is 1.70. The van der Waals surface area contributed by atoms with Gasteiger partial charge in [0.05, 0.1) is 17.6 Å². The summed E-state index contributed by atoms with van der Waals surface area (Å²) in [4.78, 5) is 0.126. The average Bonchev–Trinajstić information content (AvgIpc) is 2.93. The van der Waals surface area contributed by atoms with Crippen molar-refractivity contribution in [1.29, 1.82) is 0 Å². The number of fused-ring (bicyclic) bond motifs is 1. The zero-order valence-electron chi connectivity index (χ0n) is 12.8. The lowest BCUT2D eigenvalue weighted by molar-refractivity contribution is -0.187. The number of hydrogen-bond acceptors (Lipinski definition) is 6. The molecule has 7 heteroatoms. The third-order valence-electron chi connectivity index (χ3n) is 3.80. The van der Waals surface area contributed by atoms with Gasteiger partial charge in [0.2, 0.25) is 0 Å². The van der Waals surface area contributed by atoms with Gasteiger partial charge >= 0.3 is 0 Å². The minimum Gasteiger partial charge on any atom is -0.367 e. The Kier molecular flexibility index (Phi) is 4.03. The molecule has 22 heavy (non-hydrogen) atoms. The summed E-state index contributed by atoms with van der Waals surface area (Å²) < 4.78 is 46.7. The van der Waals surface area contributed by atoms with Crippen LogP contribution in [0.25, 0.3) is 0 Å². The molecule has 1 aromatic carbocycles. The monoisotopic (exact) mass is 328 g/mol. The third kappa shape index (κ3) is 3.04. The van der Waals surface area contributed by atoms with Crippen molar-refractivity contribution in [2.24, 2.45) is 0 Å². The van der Waals surface area contributed by atoms with Crippen molar-refractivity contribution < 1.29 is 26.8 Å². The van der Waals surface area contributed by atoms with Gasteiger partial charge < -0.3 is 14.2 Å². The fourth-order valence-electron chi connectivity index (χ4n) is 2.84. The van der Waals surface area contributed by atoms with Crippen LogP contribution in [0, 0.1) is 0 Å². The highest BCUT2D eigenvalue weighted by Crippen LogP contribution is 2.38. The Bertz CT molecular complexity index is 627. The average molecular weight is 328 g/mol. The van der Waals surface area contributed by atoms with Crippen molar-refractivity contribution in [2.45, 2.75) is 55.9 Å². The van der Waals surface area contributed by atoms with Gasteiger partial charge in [0.1, 0.15) is 18.3 Å². The van der Waals surface area contributed by atoms with Gasteiger partial charge in [0.15, 0.2) is 5.79 Å². The van der Waals surface area contributed by atoms with E-state index in [-0.39, 0.29) is 29.8 Å². The first kappa shape index (κ1) is 15.9. The van der Waals surface area contributed by atoms with Crippen LogP contribution in [0.5, 0.6) is 0 Å². The Morgan fingerprint density at radius 2 is 1.77 bits per heavy atom. The van der Waals surface area contributed by atoms with Gasteiger partial charge in [-0.15, -0.1) is 0 Å². The SMILES string of the molecule is C[C@@H]1O[C@H](COS(=O)(=O)c2ccccc2)[C@H]2OC(C)(C)O[C@H]21. The highest BCUT2D eigenvalue weighted by Gasteiger charge is 2.53. The van der Waals surface area contributed by atoms with Gasteiger partial charge in [-0.1, -0.05) is 18.2 Å². The van der Waals surface area contributed by atoms with Crippen LogP contribution in [-0.4, -0.2) is 45.2 Å². The Morgan fingerprint density at radius 3 is 2.45 bits per heavy atom. The van der Waals surface area contributed by atoms with Crippen LogP contribution in [-0.2, 0) is 28.5 Å². The summed E-state index contributed by atoms with van der Waals surface area (Å²) in [6, 6.07) is 8.04. The van der Waals surface area contributed by atoms with Crippen LogP contribution < -0.4 is 0 Å². The maximum atomic E-state index is 12.1. The topological polar surface area (TPSA) is 71.1 Å². The molecule has 3 rings (SSSR count). The van der Waals surface area contributed by atoms with Gasteiger partial charge in [-0.3, -0.25) is 4.18 Å². The molecule has 2 aliphatic rings. The molecule has 2 saturated heterocycles. The number of benzene rings is 1. The molecular formula is C15H20O6S. The molecular weight excluding hydrogens is 308 g/mol. The molecule has 0 saturated carbocycles. The normalized spacial score (nSPS) is 33.8. The number of hydrogen-bond donors (Lipinski definition) is 0. The highest BCUT2D eigenvalue weighted by molar-refractivity contribution is 7.86. The molecule has 2 fully saturated rings. The first-order chi connectivity index (χ1) is 10.3. The summed E-state index contributed by atoms with van der Waals surface area (Å²) >= 11 is 0. The lowest BCUT2D eigenvalue weighted by Crippen LogP contribution is -2.33. The molecule has 6 nitrogen and oxygen atoms in total. The van der Waals surface area contributed by atoms with Crippen molar-refractivity contribution in [2.75, 3.05) is 6.61 Å². The van der Waals surface area contributed by atoms with Crippen molar-refractivity contribution in [3.8, 4) is 0 Å². The molecule has 0 spiro atoms. The molecule has 0 unspecified atom stereocenters. The van der Waals surface area contributed by atoms with E-state index in [0.717, 1.165) is 0 Å². The van der Waals surface area contributed by atoms with E-state index in [1.165, 1.54) is 12.1 Å². The van der Waals surface area contributed by atoms with Crippen LogP contribution in [0.2, 0.25) is 0 Å². The van der Waals surface area contributed by atoms with E-state index in [2.05, 4.69) is 0 Å². The lowest BCUT2D eigenvalue weighted by atomic mass is 10.1. The Hall–Kier alpha value is -0.990. The van der Waals surface area contributed by atoms with Gasteiger partial charge in [-0.05, 0) is 32.9 Å². The van der Waals surface area contributed by atoms with Crippen LogP contribution in [0.15, 0.2) is 35.2 Å². The maximum Gasteiger partial charge on any atom is 0.297 e. The third-order valence-corrected chi connectivity index (χ3v) is 5.10. The van der Waals surface area contributed by atoms with Gasteiger partial charge in [0.25, 0.3) is 10.1 Å². The molecule has 0 bridgehead atoms. The summed E-state index contributed by atoms with van der Waals surface area (Å²) in [6.07, 6.45) is -1.17. The second kappa shape index (κ2) is 5.58. The van der Waals surface area contributed by atoms with Crippen LogP contribution in [0.4, 0.5) is 0 Å². The second-order valence-electron chi connectivity index (χ2n) is 6.00. The summed E-state index contributed by atoms with van der Waals surface area (Å²) in [5, 5.41) is 0. The molecule has 0 radical (unpaired) electrons. The summed E-state index contributed by atoms with van der Waals surface area (Å²) in [5.74, 6) is -0.691. The molecule has 4 atom stereocenters. The maximum absolute atomic E-state index is 12.1. The molecule has 2 heterocycles. The first-order valence-corrected chi connectivity index (χ1v) is 8.65. The molecule has 0 aromatic heterocycles. The summed E-state index contributed by atoms with van der Waals surface area (Å²) in [7, 11) is -3.80. The van der Waals surface area contributed by atoms with E-state index in [9.17, 15) is 8.42 Å². The van der Waals surface area contributed by atoms with Crippen molar-refractivity contribution in [3.05, 3.63) is 30.3 Å². The van der Waals surface area contributed by atoms with Crippen molar-refractivity contribution >= 4 is 10.1 Å². The van der Waals surface area contributed by atoms with Crippen molar-refractivity contribution in [3.63, 3.8) is 0 Å². The van der Waals surface area contributed by atoms with Crippen LogP contribution in [0.3, 0.4) is 0 Å². The van der Waals surface area contributed by atoms with Gasteiger partial charge in [0, 0.05) is 0 Å². The van der Waals surface area contributed by atoms with E-state index in [4.69, 9.17) is 18.4 Å². The van der Waals surface area contributed by atoms with E-state index < -0.39 is 22.0 Å². The summed E-state index contributed by atoms with van der Waals surface area (Å²) in [5.41, 5.74) is 0. The molecule has 1 aromatic rings. The van der Waals surface area contributed by atoms with Gasteiger partial charge in [-0.25, -0.2) is 0 Å². The lowest BCUT2D eigenvalue weighted by Gasteiger charge is -2.22. The molecule has 0 amide bonds. The van der Waals surface area contributed by atoms with E-state index >= 15 is 0 Å². The standard InChI is InChI=1S/C15H20O6S/c1-10-13-14(21-15(2,3)20-13)12(19-10)9-18-22(16,17)11-7-5-4-6-8-11/h4-8,10,12-14H,9H2,1-3H3/t10-,12+,13-,14+/m0/s1. The first-order valence-electron chi connectivity index (χ1n) is 7.24. The van der Waals surface area contributed by atoms with Crippen LogP contribution >= 0.6 is 0 Å². The van der Waals surface area contributed by atoms with Crippen molar-refractivity contribution in [1.82, 2.24) is 0 Å². The predicted molar refractivity (Wildman–Crippen MR) is 77.7 cm³/mol. The zero-order chi connectivity index (χ0) is 16.0. The van der Waals surface area contributed by atoms with Crippen LogP contribution in [0.1, 0.15) is 20.8 Å². The number of ether oxygens (including phenoxy) is 3. The molecule has 122 valence electrons. The minimum absolute atomic E-state index is 0.0951. The smallest absolute Gasteiger partial charge is 0.297 e. The highest BCUT2D eigenvalue weighted by atomic mass is 32.2. The Labute approximate surface area is 130 Å². The fraction of sp³-hybridized carbons (Fsp3) is 0.600. The minimum atomic E-state index is -3.80. The Morgan fingerprint density at radius 1 is 1.14 bits per heavy atom. The zero-order valence-corrected chi connectivity index (χ0v) is 13.6. The number of rotatable bonds is 4. The Balaban J connectivity index is 1.67. The molecule has 2 aliphatic heterocycles. The van der Waals surface area contributed by atoms with E-state index in [1.807, 2.05) is 20.8 Å². The molecule has 0 N–H and O–H groups in total. The summed E-state index contributed by atoms with van der Waals surface area (Å²) in [6.45, 7) is 5.45. The second-order valence-corrected chi connectivity index (χ2v) is 7.61. The van der Waals surface area contributed by atoms with Gasteiger partial charge in [-0.2, -0.15) is 8.42 Å². The van der Waals surface area contributed by atoms with E-state index in [1.54, 1.807) is 18.2 Å². The quantitative estimate of drug-likeness (QED) is 0.784. The largest absolute Gasteiger partial charge is 0.367 e. The van der Waals surface area contributed by atoms with E-state index in [0.29, 0.717) is 0 Å². The fourth-order valence-corrected chi connectivity index (χ4v) is 3.78.